The first kappa shape index (κ1) is 22.7. The summed E-state index contributed by atoms with van der Waals surface area (Å²) >= 11 is 1.16. The molecule has 6 nitrogen and oxygen atoms in total. The summed E-state index contributed by atoms with van der Waals surface area (Å²) in [6.07, 6.45) is -3.73. The molecule has 2 N–H and O–H groups in total. The van der Waals surface area contributed by atoms with Crippen LogP contribution in [0.4, 0.5) is 18.9 Å². The molecule has 3 rings (SSSR count). The van der Waals surface area contributed by atoms with E-state index in [4.69, 9.17) is 0 Å². The summed E-state index contributed by atoms with van der Waals surface area (Å²) in [5.41, 5.74) is 1.13. The Bertz CT molecular complexity index is 1090. The summed E-state index contributed by atoms with van der Waals surface area (Å²) in [6.45, 7) is 2.41. The topological polar surface area (TPSA) is 76.0 Å². The molecule has 1 aromatic heterocycles. The predicted octanol–water partition coefficient (Wildman–Crippen LogP) is 4.56. The van der Waals surface area contributed by atoms with Crippen molar-refractivity contribution in [2.24, 2.45) is 0 Å². The number of anilines is 1. The Morgan fingerprint density at radius 3 is 2.45 bits per heavy atom. The molecule has 0 bridgehead atoms. The van der Waals surface area contributed by atoms with Crippen LogP contribution in [-0.4, -0.2) is 34.2 Å². The molecule has 2 aromatic carbocycles. The lowest BCUT2D eigenvalue weighted by molar-refractivity contribution is -0.137. The maximum atomic E-state index is 13.1. The highest BCUT2D eigenvalue weighted by molar-refractivity contribution is 7.99. The molecule has 3 aromatic rings. The monoisotopic (exact) mass is 450 g/mol. The first-order chi connectivity index (χ1) is 14.7. The van der Waals surface area contributed by atoms with Crippen molar-refractivity contribution in [3.05, 3.63) is 53.6 Å². The van der Waals surface area contributed by atoms with E-state index in [-0.39, 0.29) is 17.6 Å². The Balaban J connectivity index is 1.73. The molecule has 0 aliphatic rings. The highest BCUT2D eigenvalue weighted by Crippen LogP contribution is 2.33. The van der Waals surface area contributed by atoms with E-state index in [9.17, 15) is 22.8 Å². The fourth-order valence-corrected chi connectivity index (χ4v) is 3.84. The lowest BCUT2D eigenvalue weighted by atomic mass is 10.2. The number of thioether (sulfide) groups is 1. The molecule has 0 unspecified atom stereocenters. The SMILES string of the molecule is CCCn1c(SCC(=O)Nc2ccc(C(=O)NC)cc2)nc2ccc(C(F)(F)F)cc21. The van der Waals surface area contributed by atoms with E-state index in [1.165, 1.54) is 13.1 Å². The molecule has 164 valence electrons. The summed E-state index contributed by atoms with van der Waals surface area (Å²) in [6, 6.07) is 9.89. The molecule has 31 heavy (non-hydrogen) atoms. The molecule has 0 saturated heterocycles. The summed E-state index contributed by atoms with van der Waals surface area (Å²) < 4.78 is 41.0. The number of halogens is 3. The van der Waals surface area contributed by atoms with E-state index >= 15 is 0 Å². The second kappa shape index (κ2) is 9.42. The van der Waals surface area contributed by atoms with E-state index < -0.39 is 11.7 Å². The number of rotatable bonds is 7. The van der Waals surface area contributed by atoms with Gasteiger partial charge in [0.1, 0.15) is 0 Å². The van der Waals surface area contributed by atoms with Gasteiger partial charge in [-0.15, -0.1) is 0 Å². The minimum Gasteiger partial charge on any atom is -0.355 e. The van der Waals surface area contributed by atoms with Gasteiger partial charge in [-0.05, 0) is 48.9 Å². The summed E-state index contributed by atoms with van der Waals surface area (Å²) in [5.74, 6) is -0.475. The highest BCUT2D eigenvalue weighted by atomic mass is 32.2. The molecule has 0 aliphatic heterocycles. The molecule has 0 saturated carbocycles. The van der Waals surface area contributed by atoms with Crippen LogP contribution in [0.1, 0.15) is 29.3 Å². The average molecular weight is 450 g/mol. The summed E-state index contributed by atoms with van der Waals surface area (Å²) in [5, 5.41) is 5.74. The van der Waals surface area contributed by atoms with E-state index in [0.29, 0.717) is 40.4 Å². The van der Waals surface area contributed by atoms with Crippen molar-refractivity contribution >= 4 is 40.3 Å². The van der Waals surface area contributed by atoms with Crippen molar-refractivity contribution in [2.75, 3.05) is 18.1 Å². The number of benzene rings is 2. The maximum absolute atomic E-state index is 13.1. The molecule has 0 radical (unpaired) electrons. The average Bonchev–Trinajstić information content (AvgIpc) is 3.09. The molecule has 2 amide bonds. The van der Waals surface area contributed by atoms with Crippen LogP contribution in [0.25, 0.3) is 11.0 Å². The zero-order valence-electron chi connectivity index (χ0n) is 16.9. The van der Waals surface area contributed by atoms with E-state index in [1.54, 1.807) is 28.8 Å². The maximum Gasteiger partial charge on any atom is 0.416 e. The number of nitrogens with zero attached hydrogens (tertiary/aromatic N) is 2. The van der Waals surface area contributed by atoms with E-state index in [1.807, 2.05) is 6.92 Å². The third-order valence-electron chi connectivity index (χ3n) is 4.48. The Morgan fingerprint density at radius 2 is 1.84 bits per heavy atom. The predicted molar refractivity (Wildman–Crippen MR) is 114 cm³/mol. The smallest absolute Gasteiger partial charge is 0.355 e. The molecule has 1 heterocycles. The highest BCUT2D eigenvalue weighted by Gasteiger charge is 2.31. The lowest BCUT2D eigenvalue weighted by Crippen LogP contribution is -2.18. The van der Waals surface area contributed by atoms with Crippen LogP contribution in [0.2, 0.25) is 0 Å². The Labute approximate surface area is 181 Å². The first-order valence-electron chi connectivity index (χ1n) is 9.55. The van der Waals surface area contributed by atoms with E-state index in [0.717, 1.165) is 23.9 Å². The number of aryl methyl sites for hydroxylation is 1. The largest absolute Gasteiger partial charge is 0.416 e. The van der Waals surface area contributed by atoms with Crippen molar-refractivity contribution in [1.82, 2.24) is 14.9 Å². The van der Waals surface area contributed by atoms with Crippen molar-refractivity contribution in [2.45, 2.75) is 31.2 Å². The number of carbonyl (C=O) groups is 2. The van der Waals surface area contributed by atoms with Crippen LogP contribution in [0.15, 0.2) is 47.6 Å². The molecule has 10 heteroatoms. The van der Waals surface area contributed by atoms with Crippen LogP contribution in [-0.2, 0) is 17.5 Å². The molecular weight excluding hydrogens is 429 g/mol. The van der Waals surface area contributed by atoms with Gasteiger partial charge in [0.25, 0.3) is 5.91 Å². The summed E-state index contributed by atoms with van der Waals surface area (Å²) in [7, 11) is 1.53. The fraction of sp³-hybridized carbons (Fsp3) is 0.286. The third kappa shape index (κ3) is 5.38. The van der Waals surface area contributed by atoms with Gasteiger partial charge in [-0.3, -0.25) is 9.59 Å². The molecule has 0 fully saturated rings. The Hall–Kier alpha value is -3.01. The number of hydrogen-bond acceptors (Lipinski definition) is 4. The van der Waals surface area contributed by atoms with Crippen LogP contribution >= 0.6 is 11.8 Å². The van der Waals surface area contributed by atoms with Gasteiger partial charge in [0, 0.05) is 24.8 Å². The minimum absolute atomic E-state index is 0.0381. The second-order valence-electron chi connectivity index (χ2n) is 6.74. The number of alkyl halides is 3. The Kier molecular flexibility index (Phi) is 6.89. The second-order valence-corrected chi connectivity index (χ2v) is 7.68. The van der Waals surface area contributed by atoms with Crippen molar-refractivity contribution in [3.8, 4) is 0 Å². The van der Waals surface area contributed by atoms with Crippen LogP contribution in [0.5, 0.6) is 0 Å². The number of aromatic nitrogens is 2. The van der Waals surface area contributed by atoms with Gasteiger partial charge in [-0.2, -0.15) is 13.2 Å². The normalized spacial score (nSPS) is 11.5. The third-order valence-corrected chi connectivity index (χ3v) is 5.45. The van der Waals surface area contributed by atoms with Gasteiger partial charge in [0.05, 0.1) is 22.3 Å². The van der Waals surface area contributed by atoms with Crippen LogP contribution < -0.4 is 10.6 Å². The molecule has 0 aliphatic carbocycles. The van der Waals surface area contributed by atoms with Crippen LogP contribution in [0, 0.1) is 0 Å². The fourth-order valence-electron chi connectivity index (χ4n) is 3.00. The molecule has 0 spiro atoms. The standard InChI is InChI=1S/C21H21F3N4O2S/c1-3-10-28-17-11-14(21(22,23)24)6-9-16(17)27-20(28)31-12-18(29)26-15-7-4-13(5-8-15)19(30)25-2/h4-9,11H,3,10,12H2,1-2H3,(H,25,30)(H,26,29). The van der Waals surface area contributed by atoms with Gasteiger partial charge < -0.3 is 15.2 Å². The number of nitrogens with one attached hydrogen (secondary N) is 2. The minimum atomic E-state index is -4.43. The number of carbonyl (C=O) groups excluding carboxylic acids is 2. The van der Waals surface area contributed by atoms with E-state index in [2.05, 4.69) is 15.6 Å². The van der Waals surface area contributed by atoms with Gasteiger partial charge in [-0.25, -0.2) is 4.98 Å². The van der Waals surface area contributed by atoms with Gasteiger partial charge >= 0.3 is 6.18 Å². The van der Waals surface area contributed by atoms with Crippen molar-refractivity contribution in [1.29, 1.82) is 0 Å². The van der Waals surface area contributed by atoms with Crippen molar-refractivity contribution < 1.29 is 22.8 Å². The Morgan fingerprint density at radius 1 is 1.13 bits per heavy atom. The molecular formula is C21H21F3N4O2S. The lowest BCUT2D eigenvalue weighted by Gasteiger charge is -2.10. The van der Waals surface area contributed by atoms with Gasteiger partial charge in [0.15, 0.2) is 5.16 Å². The van der Waals surface area contributed by atoms with Gasteiger partial charge in [0.2, 0.25) is 5.91 Å². The number of imidazole rings is 1. The van der Waals surface area contributed by atoms with Crippen molar-refractivity contribution in [3.63, 3.8) is 0 Å². The molecule has 0 atom stereocenters. The number of hydrogen-bond donors (Lipinski definition) is 2. The zero-order valence-corrected chi connectivity index (χ0v) is 17.7. The van der Waals surface area contributed by atoms with Gasteiger partial charge in [-0.1, -0.05) is 18.7 Å². The number of fused-ring (bicyclic) bond motifs is 1. The van der Waals surface area contributed by atoms with Crippen LogP contribution in [0.3, 0.4) is 0 Å². The first-order valence-corrected chi connectivity index (χ1v) is 10.5. The quantitative estimate of drug-likeness (QED) is 0.518. The number of amides is 2. The summed E-state index contributed by atoms with van der Waals surface area (Å²) in [4.78, 5) is 28.3. The zero-order chi connectivity index (χ0) is 22.6.